The zero-order valence-corrected chi connectivity index (χ0v) is 21.3. The number of benzene rings is 2. The number of thiophene rings is 1. The third-order valence-corrected chi connectivity index (χ3v) is 7.20. The fourth-order valence-electron chi connectivity index (χ4n) is 3.26. The number of carbonyl (C=O) groups is 1. The molecule has 2 aromatic carbocycles. The summed E-state index contributed by atoms with van der Waals surface area (Å²) in [5, 5.41) is 10.2. The molecular formula is C23H16BrCl2N3O4S. The van der Waals surface area contributed by atoms with E-state index in [1.54, 1.807) is 35.1 Å². The Kier molecular flexibility index (Phi) is 6.69. The van der Waals surface area contributed by atoms with Crippen LogP contribution in [0.3, 0.4) is 0 Å². The van der Waals surface area contributed by atoms with Crippen molar-refractivity contribution < 1.29 is 19.0 Å². The van der Waals surface area contributed by atoms with E-state index in [4.69, 9.17) is 37.4 Å². The van der Waals surface area contributed by atoms with E-state index in [0.717, 1.165) is 11.1 Å². The SMILES string of the molecule is O=C(Nc1nn(Cc2ccc(Cl)c(Cl)c2)cc1Br)c1cc(COc2ccc3c(c2)OCO3)cs1. The van der Waals surface area contributed by atoms with Crippen LogP contribution in [0.2, 0.25) is 10.0 Å². The Morgan fingerprint density at radius 3 is 2.82 bits per heavy atom. The van der Waals surface area contributed by atoms with Gasteiger partial charge in [0.15, 0.2) is 17.3 Å². The molecule has 34 heavy (non-hydrogen) atoms. The van der Waals surface area contributed by atoms with E-state index >= 15 is 0 Å². The quantitative estimate of drug-likeness (QED) is 0.266. The summed E-state index contributed by atoms with van der Waals surface area (Å²) in [6.07, 6.45) is 1.79. The number of aromatic nitrogens is 2. The summed E-state index contributed by atoms with van der Waals surface area (Å²) in [7, 11) is 0. The maximum absolute atomic E-state index is 12.8. The molecule has 0 bridgehead atoms. The highest BCUT2D eigenvalue weighted by atomic mass is 79.9. The van der Waals surface area contributed by atoms with Gasteiger partial charge in [0.2, 0.25) is 6.79 Å². The molecule has 1 amide bonds. The van der Waals surface area contributed by atoms with Crippen molar-refractivity contribution >= 4 is 62.2 Å². The van der Waals surface area contributed by atoms with E-state index in [2.05, 4.69) is 26.3 Å². The Balaban J connectivity index is 1.20. The van der Waals surface area contributed by atoms with Crippen LogP contribution < -0.4 is 19.5 Å². The zero-order chi connectivity index (χ0) is 23.7. The Morgan fingerprint density at radius 1 is 1.12 bits per heavy atom. The van der Waals surface area contributed by atoms with Gasteiger partial charge in [-0.1, -0.05) is 29.3 Å². The van der Waals surface area contributed by atoms with E-state index in [0.29, 0.717) is 55.6 Å². The molecule has 0 saturated carbocycles. The van der Waals surface area contributed by atoms with Gasteiger partial charge in [0, 0.05) is 17.8 Å². The fourth-order valence-corrected chi connectivity index (χ4v) is 4.79. The number of halogens is 3. The van der Waals surface area contributed by atoms with Gasteiger partial charge >= 0.3 is 0 Å². The lowest BCUT2D eigenvalue weighted by molar-refractivity contribution is 0.103. The second kappa shape index (κ2) is 9.87. The van der Waals surface area contributed by atoms with Crippen LogP contribution in [0.1, 0.15) is 20.8 Å². The number of hydrogen-bond acceptors (Lipinski definition) is 6. The summed E-state index contributed by atoms with van der Waals surface area (Å²) in [6.45, 7) is 1.02. The molecule has 0 aliphatic carbocycles. The maximum Gasteiger partial charge on any atom is 0.266 e. The van der Waals surface area contributed by atoms with E-state index < -0.39 is 0 Å². The van der Waals surface area contributed by atoms with Crippen molar-refractivity contribution in [3.8, 4) is 17.2 Å². The molecule has 0 atom stereocenters. The van der Waals surface area contributed by atoms with Crippen molar-refractivity contribution in [1.82, 2.24) is 9.78 Å². The molecule has 1 aliphatic rings. The van der Waals surface area contributed by atoms with Gasteiger partial charge in [-0.3, -0.25) is 9.48 Å². The van der Waals surface area contributed by atoms with E-state index in [-0.39, 0.29) is 12.7 Å². The Hall–Kier alpha value is -2.72. The van der Waals surface area contributed by atoms with Crippen LogP contribution in [-0.4, -0.2) is 22.5 Å². The van der Waals surface area contributed by atoms with E-state index in [1.807, 2.05) is 23.6 Å². The maximum atomic E-state index is 12.8. The van der Waals surface area contributed by atoms with Crippen molar-refractivity contribution in [2.45, 2.75) is 13.2 Å². The molecule has 0 saturated heterocycles. The van der Waals surface area contributed by atoms with Crippen LogP contribution in [0.15, 0.2) is 58.5 Å². The van der Waals surface area contributed by atoms with E-state index in [9.17, 15) is 4.79 Å². The highest BCUT2D eigenvalue weighted by Gasteiger charge is 2.16. The number of anilines is 1. The molecule has 1 N–H and O–H groups in total. The monoisotopic (exact) mass is 579 g/mol. The molecule has 0 unspecified atom stereocenters. The van der Waals surface area contributed by atoms with E-state index in [1.165, 1.54) is 11.3 Å². The molecule has 0 spiro atoms. The highest BCUT2D eigenvalue weighted by Crippen LogP contribution is 2.35. The lowest BCUT2D eigenvalue weighted by atomic mass is 10.2. The smallest absolute Gasteiger partial charge is 0.266 e. The summed E-state index contributed by atoms with van der Waals surface area (Å²) < 4.78 is 18.9. The van der Waals surface area contributed by atoms with Crippen LogP contribution in [-0.2, 0) is 13.2 Å². The van der Waals surface area contributed by atoms with Crippen molar-refractivity contribution in [3.63, 3.8) is 0 Å². The first-order valence-corrected chi connectivity index (χ1v) is 12.5. The topological polar surface area (TPSA) is 74.6 Å². The zero-order valence-electron chi connectivity index (χ0n) is 17.4. The predicted octanol–water partition coefficient (Wildman–Crippen LogP) is 6.62. The summed E-state index contributed by atoms with van der Waals surface area (Å²) in [4.78, 5) is 13.3. The minimum absolute atomic E-state index is 0.214. The van der Waals surface area contributed by atoms with Gasteiger partial charge in [-0.2, -0.15) is 5.10 Å². The Morgan fingerprint density at radius 2 is 1.97 bits per heavy atom. The van der Waals surface area contributed by atoms with Gasteiger partial charge in [-0.15, -0.1) is 11.3 Å². The van der Waals surface area contributed by atoms with Crippen LogP contribution >= 0.6 is 50.5 Å². The number of ether oxygens (including phenoxy) is 3. The minimum atomic E-state index is -0.250. The van der Waals surface area contributed by atoms with Crippen molar-refractivity contribution in [1.29, 1.82) is 0 Å². The summed E-state index contributed by atoms with van der Waals surface area (Å²) in [5.74, 6) is 2.20. The largest absolute Gasteiger partial charge is 0.489 e. The standard InChI is InChI=1S/C23H16BrCl2N3O4S/c24-16-9-29(8-13-1-3-17(25)18(26)5-13)28-22(16)27-23(30)21-6-14(11-34-21)10-31-15-2-4-19-20(7-15)33-12-32-19/h1-7,9,11H,8,10,12H2,(H,27,28,30). The predicted molar refractivity (Wildman–Crippen MR) is 135 cm³/mol. The normalized spacial score (nSPS) is 12.1. The van der Waals surface area contributed by atoms with Crippen molar-refractivity contribution in [2.75, 3.05) is 12.1 Å². The van der Waals surface area contributed by atoms with Crippen molar-refractivity contribution in [3.05, 3.63) is 84.6 Å². The number of rotatable bonds is 7. The highest BCUT2D eigenvalue weighted by molar-refractivity contribution is 9.10. The third kappa shape index (κ3) is 5.17. The number of fused-ring (bicyclic) bond motifs is 1. The average Bonchev–Trinajstić information content (AvgIpc) is 3.55. The molecule has 7 nitrogen and oxygen atoms in total. The summed E-state index contributed by atoms with van der Waals surface area (Å²) in [6, 6.07) is 12.6. The van der Waals surface area contributed by atoms with Gasteiger partial charge in [0.05, 0.1) is 25.9 Å². The first kappa shape index (κ1) is 23.0. The number of amides is 1. The van der Waals surface area contributed by atoms with Gasteiger partial charge in [-0.25, -0.2) is 0 Å². The molecule has 5 rings (SSSR count). The van der Waals surface area contributed by atoms with Crippen molar-refractivity contribution in [2.24, 2.45) is 0 Å². The molecule has 174 valence electrons. The van der Waals surface area contributed by atoms with Crippen LogP contribution in [0.5, 0.6) is 17.2 Å². The Labute approximate surface area is 217 Å². The molecule has 11 heteroatoms. The first-order chi connectivity index (χ1) is 16.4. The lowest BCUT2D eigenvalue weighted by Crippen LogP contribution is -2.11. The number of nitrogens with zero attached hydrogens (tertiary/aromatic N) is 2. The first-order valence-electron chi connectivity index (χ1n) is 10.0. The summed E-state index contributed by atoms with van der Waals surface area (Å²) in [5.41, 5.74) is 1.82. The molecule has 0 radical (unpaired) electrons. The van der Waals surface area contributed by atoms with Gasteiger partial charge in [-0.05, 0) is 57.2 Å². The molecule has 2 aromatic heterocycles. The molecule has 1 aliphatic heterocycles. The molecule has 0 fully saturated rings. The second-order valence-corrected chi connectivity index (χ2v) is 9.93. The van der Waals surface area contributed by atoms with Gasteiger partial charge in [0.25, 0.3) is 5.91 Å². The number of hydrogen-bond donors (Lipinski definition) is 1. The third-order valence-electron chi connectivity index (χ3n) is 4.90. The average molecular weight is 581 g/mol. The Bertz CT molecular complexity index is 1370. The summed E-state index contributed by atoms with van der Waals surface area (Å²) >= 11 is 16.9. The van der Waals surface area contributed by atoms with Gasteiger partial charge < -0.3 is 19.5 Å². The van der Waals surface area contributed by atoms with Crippen LogP contribution in [0.25, 0.3) is 0 Å². The number of carbonyl (C=O) groups excluding carboxylic acids is 1. The number of nitrogens with one attached hydrogen (secondary N) is 1. The van der Waals surface area contributed by atoms with Crippen LogP contribution in [0.4, 0.5) is 5.82 Å². The van der Waals surface area contributed by atoms with Gasteiger partial charge in [0.1, 0.15) is 12.4 Å². The molecule has 4 aromatic rings. The molecular weight excluding hydrogens is 565 g/mol. The second-order valence-electron chi connectivity index (χ2n) is 7.35. The van der Waals surface area contributed by atoms with Crippen LogP contribution in [0, 0.1) is 0 Å². The minimum Gasteiger partial charge on any atom is -0.489 e. The fraction of sp³-hybridized carbons (Fsp3) is 0.130. The lowest BCUT2D eigenvalue weighted by Gasteiger charge is -2.05. The molecule has 3 heterocycles.